The van der Waals surface area contributed by atoms with Crippen LogP contribution in [-0.2, 0) is 14.8 Å². The van der Waals surface area contributed by atoms with Gasteiger partial charge in [0.05, 0.1) is 11.4 Å². The highest BCUT2D eigenvalue weighted by Gasteiger charge is 2.30. The summed E-state index contributed by atoms with van der Waals surface area (Å²) in [6.45, 7) is 4.46. The predicted molar refractivity (Wildman–Crippen MR) is 98.8 cm³/mol. The number of hydrogen-bond acceptors (Lipinski definition) is 5. The van der Waals surface area contributed by atoms with Crippen LogP contribution in [0.2, 0.25) is 0 Å². The number of amides is 2. The minimum Gasteiger partial charge on any atom is -0.354 e. The summed E-state index contributed by atoms with van der Waals surface area (Å²) in [6, 6.07) is 6.03. The molecule has 2 heterocycles. The second kappa shape index (κ2) is 8.34. The minimum absolute atomic E-state index is 0. The Morgan fingerprint density at radius 2 is 1.85 bits per heavy atom. The molecule has 2 amide bonds. The van der Waals surface area contributed by atoms with Gasteiger partial charge in [0.15, 0.2) is 0 Å². The molecule has 0 aromatic heterocycles. The van der Waals surface area contributed by atoms with E-state index in [1.54, 1.807) is 4.90 Å². The smallest absolute Gasteiger partial charge is 0.254 e. The molecule has 1 aromatic carbocycles. The monoisotopic (exact) mass is 402 g/mol. The van der Waals surface area contributed by atoms with E-state index in [1.807, 2.05) is 6.92 Å². The predicted octanol–water partition coefficient (Wildman–Crippen LogP) is -0.337. The summed E-state index contributed by atoms with van der Waals surface area (Å²) in [5.74, 6) is -0.412. The van der Waals surface area contributed by atoms with Gasteiger partial charge in [0, 0.05) is 44.3 Å². The molecular weight excluding hydrogens is 380 g/mol. The number of carbonyl (C=O) groups is 2. The summed E-state index contributed by atoms with van der Waals surface area (Å²) >= 11 is 0. The van der Waals surface area contributed by atoms with Gasteiger partial charge in [-0.25, -0.2) is 8.42 Å². The van der Waals surface area contributed by atoms with E-state index in [0.717, 1.165) is 17.4 Å². The quantitative estimate of drug-likeness (QED) is 0.720. The third-order valence-corrected chi connectivity index (χ3v) is 6.36. The molecule has 2 fully saturated rings. The molecule has 1 atom stereocenters. The average molecular weight is 403 g/mol. The summed E-state index contributed by atoms with van der Waals surface area (Å²) in [6.07, 6.45) is 0. The number of nitrogens with one attached hydrogen (secondary N) is 2. The normalized spacial score (nSPS) is 21.7. The van der Waals surface area contributed by atoms with Gasteiger partial charge in [-0.1, -0.05) is 0 Å². The van der Waals surface area contributed by atoms with Gasteiger partial charge in [-0.2, -0.15) is 4.31 Å². The third kappa shape index (κ3) is 4.17. The maximum Gasteiger partial charge on any atom is 0.254 e. The van der Waals surface area contributed by atoms with E-state index in [9.17, 15) is 18.0 Å². The number of carbonyl (C=O) groups excluding carboxylic acids is 2. The molecule has 10 heteroatoms. The number of halogens is 1. The third-order valence-electron chi connectivity index (χ3n) is 4.50. The highest BCUT2D eigenvalue weighted by atomic mass is 35.5. The topological polar surface area (TPSA) is 98.8 Å². The van der Waals surface area contributed by atoms with Crippen LogP contribution in [0.1, 0.15) is 17.3 Å². The van der Waals surface area contributed by atoms with E-state index in [1.165, 1.54) is 24.3 Å². The van der Waals surface area contributed by atoms with Crippen LogP contribution < -0.4 is 10.6 Å². The van der Waals surface area contributed by atoms with Crippen LogP contribution in [0, 0.1) is 0 Å². The lowest BCUT2D eigenvalue weighted by Gasteiger charge is -2.34. The second-order valence-corrected chi connectivity index (χ2v) is 8.20. The first-order valence-electron chi connectivity index (χ1n) is 8.28. The van der Waals surface area contributed by atoms with Gasteiger partial charge in [-0.3, -0.25) is 9.59 Å². The Bertz CT molecular complexity index is 769. The van der Waals surface area contributed by atoms with Crippen LogP contribution in [0.5, 0.6) is 0 Å². The largest absolute Gasteiger partial charge is 0.354 e. The Balaban J connectivity index is 0.00000243. The van der Waals surface area contributed by atoms with Crippen molar-refractivity contribution in [2.75, 3.05) is 39.3 Å². The van der Waals surface area contributed by atoms with E-state index in [-0.39, 0.29) is 48.2 Å². The van der Waals surface area contributed by atoms with Crippen molar-refractivity contribution in [1.82, 2.24) is 19.8 Å². The zero-order chi connectivity index (χ0) is 18.0. The lowest BCUT2D eigenvalue weighted by atomic mass is 10.1. The van der Waals surface area contributed by atoms with Crippen LogP contribution in [0.3, 0.4) is 0 Å². The number of sulfonamides is 1. The molecule has 0 spiro atoms. The van der Waals surface area contributed by atoms with Crippen LogP contribution in [0.15, 0.2) is 29.2 Å². The van der Waals surface area contributed by atoms with Gasteiger partial charge < -0.3 is 15.5 Å². The highest BCUT2D eigenvalue weighted by molar-refractivity contribution is 7.89. The minimum atomic E-state index is -3.74. The number of benzene rings is 1. The second-order valence-electron chi connectivity index (χ2n) is 6.26. The van der Waals surface area contributed by atoms with Gasteiger partial charge in [-0.15, -0.1) is 12.4 Å². The van der Waals surface area contributed by atoms with Crippen LogP contribution >= 0.6 is 12.4 Å². The van der Waals surface area contributed by atoms with Crippen molar-refractivity contribution < 1.29 is 18.0 Å². The molecule has 144 valence electrons. The van der Waals surface area contributed by atoms with E-state index in [2.05, 4.69) is 10.6 Å². The number of piperazine rings is 2. The van der Waals surface area contributed by atoms with Crippen molar-refractivity contribution in [1.29, 1.82) is 0 Å². The molecule has 0 radical (unpaired) electrons. The molecule has 0 saturated carbocycles. The standard InChI is InChI=1S/C16H22N4O4S.ClH/c1-12-10-17-6-9-20(12)16(22)13-2-4-14(5-3-13)25(23,24)19-8-7-18-15(21)11-19;/h2-5,12,17H,6-11H2,1H3,(H,18,21);1H/t12-;/m1./s1. The van der Waals surface area contributed by atoms with Crippen molar-refractivity contribution in [2.45, 2.75) is 17.9 Å². The van der Waals surface area contributed by atoms with E-state index in [0.29, 0.717) is 18.7 Å². The summed E-state index contributed by atoms with van der Waals surface area (Å²) in [5.41, 5.74) is 0.462. The Morgan fingerprint density at radius 1 is 1.15 bits per heavy atom. The van der Waals surface area contributed by atoms with Crippen LogP contribution in [-0.4, -0.2) is 74.7 Å². The molecule has 8 nitrogen and oxygen atoms in total. The van der Waals surface area contributed by atoms with Gasteiger partial charge in [0.1, 0.15) is 0 Å². The van der Waals surface area contributed by atoms with E-state index >= 15 is 0 Å². The molecule has 0 bridgehead atoms. The lowest BCUT2D eigenvalue weighted by Crippen LogP contribution is -2.52. The van der Waals surface area contributed by atoms with Gasteiger partial charge in [0.25, 0.3) is 5.91 Å². The molecule has 3 rings (SSSR count). The zero-order valence-corrected chi connectivity index (χ0v) is 16.1. The molecule has 0 aliphatic carbocycles. The number of nitrogens with zero attached hydrogens (tertiary/aromatic N) is 2. The Kier molecular flexibility index (Phi) is 6.62. The molecule has 2 N–H and O–H groups in total. The first-order valence-corrected chi connectivity index (χ1v) is 9.72. The van der Waals surface area contributed by atoms with Crippen molar-refractivity contribution in [2.24, 2.45) is 0 Å². The molecule has 26 heavy (non-hydrogen) atoms. The number of rotatable bonds is 3. The molecule has 1 aromatic rings. The fraction of sp³-hybridized carbons (Fsp3) is 0.500. The summed E-state index contributed by atoms with van der Waals surface area (Å²) in [4.78, 5) is 25.9. The SMILES string of the molecule is C[C@@H]1CNCCN1C(=O)c1ccc(S(=O)(=O)N2CCNC(=O)C2)cc1.Cl. The van der Waals surface area contributed by atoms with Crippen LogP contribution in [0.4, 0.5) is 0 Å². The Morgan fingerprint density at radius 3 is 2.46 bits per heavy atom. The summed E-state index contributed by atoms with van der Waals surface area (Å²) in [5, 5.41) is 5.83. The summed E-state index contributed by atoms with van der Waals surface area (Å²) in [7, 11) is -3.74. The van der Waals surface area contributed by atoms with Crippen molar-refractivity contribution >= 4 is 34.2 Å². The van der Waals surface area contributed by atoms with Gasteiger partial charge in [-0.05, 0) is 31.2 Å². The Labute approximate surface area is 159 Å². The molecular formula is C16H23ClN4O4S. The maximum absolute atomic E-state index is 12.6. The molecule has 2 aliphatic heterocycles. The first kappa shape index (κ1) is 20.6. The number of hydrogen-bond donors (Lipinski definition) is 2. The molecule has 2 saturated heterocycles. The highest BCUT2D eigenvalue weighted by Crippen LogP contribution is 2.18. The van der Waals surface area contributed by atoms with E-state index < -0.39 is 10.0 Å². The van der Waals surface area contributed by atoms with Gasteiger partial charge >= 0.3 is 0 Å². The molecule has 2 aliphatic rings. The fourth-order valence-electron chi connectivity index (χ4n) is 3.05. The maximum atomic E-state index is 12.6. The van der Waals surface area contributed by atoms with Crippen molar-refractivity contribution in [3.05, 3.63) is 29.8 Å². The lowest BCUT2D eigenvalue weighted by molar-refractivity contribution is -0.122. The van der Waals surface area contributed by atoms with Gasteiger partial charge in [0.2, 0.25) is 15.9 Å². The first-order chi connectivity index (χ1) is 11.9. The van der Waals surface area contributed by atoms with Crippen molar-refractivity contribution in [3.63, 3.8) is 0 Å². The van der Waals surface area contributed by atoms with Crippen LogP contribution in [0.25, 0.3) is 0 Å². The van der Waals surface area contributed by atoms with E-state index in [4.69, 9.17) is 0 Å². The average Bonchev–Trinajstić information content (AvgIpc) is 2.62. The van der Waals surface area contributed by atoms with Crippen molar-refractivity contribution in [3.8, 4) is 0 Å². The zero-order valence-electron chi connectivity index (χ0n) is 14.5. The molecule has 0 unspecified atom stereocenters. The fourth-order valence-corrected chi connectivity index (χ4v) is 4.44. The summed E-state index contributed by atoms with van der Waals surface area (Å²) < 4.78 is 26.4. The Hall–Kier alpha value is -1.68.